The zero-order valence-corrected chi connectivity index (χ0v) is 13.2. The molecule has 1 aromatic rings. The lowest BCUT2D eigenvalue weighted by molar-refractivity contribution is -0.154. The number of phenols is 1. The summed E-state index contributed by atoms with van der Waals surface area (Å²) in [5.41, 5.74) is 2.22. The number of phenolic OH excluding ortho intramolecular Hbond substituents is 1. The maximum Gasteiger partial charge on any atom is 0.310 e. The molecule has 3 fully saturated rings. The summed E-state index contributed by atoms with van der Waals surface area (Å²) in [6.07, 6.45) is 7.24. The molecule has 0 aromatic heterocycles. The topological polar surface area (TPSA) is 46.5 Å². The summed E-state index contributed by atoms with van der Waals surface area (Å²) in [5.74, 6) is 1.73. The van der Waals surface area contributed by atoms with E-state index in [0.717, 1.165) is 32.1 Å². The molecule has 1 spiro atoms. The van der Waals surface area contributed by atoms with Crippen LogP contribution >= 0.6 is 0 Å². The molecule has 1 aliphatic heterocycles. The van der Waals surface area contributed by atoms with E-state index in [0.29, 0.717) is 23.5 Å². The molecular formula is C20H22O3. The molecule has 5 rings (SSSR count). The zero-order valence-electron chi connectivity index (χ0n) is 13.2. The molecule has 0 unspecified atom stereocenters. The Hall–Kier alpha value is -1.77. The van der Waals surface area contributed by atoms with Crippen LogP contribution in [0.3, 0.4) is 0 Å². The molecule has 0 amide bonds. The third-order valence-electron chi connectivity index (χ3n) is 7.11. The Labute approximate surface area is 136 Å². The molecule has 2 bridgehead atoms. The molecule has 1 saturated heterocycles. The summed E-state index contributed by atoms with van der Waals surface area (Å²) in [6.45, 7) is 4.00. The van der Waals surface area contributed by atoms with Gasteiger partial charge in [-0.1, -0.05) is 12.1 Å². The van der Waals surface area contributed by atoms with Gasteiger partial charge in [0.2, 0.25) is 0 Å². The second-order valence-corrected chi connectivity index (χ2v) is 7.82. The van der Waals surface area contributed by atoms with Crippen LogP contribution in [0.1, 0.15) is 42.7 Å². The van der Waals surface area contributed by atoms with Crippen LogP contribution in [0.25, 0.3) is 0 Å². The van der Waals surface area contributed by atoms with Gasteiger partial charge in [-0.15, -0.1) is 6.58 Å². The second-order valence-electron chi connectivity index (χ2n) is 7.82. The molecule has 3 aliphatic carbocycles. The van der Waals surface area contributed by atoms with Crippen molar-refractivity contribution < 1.29 is 14.6 Å². The first kappa shape index (κ1) is 13.6. The number of benzene rings is 1. The fourth-order valence-electron chi connectivity index (χ4n) is 6.30. The van der Waals surface area contributed by atoms with Gasteiger partial charge in [-0.3, -0.25) is 4.79 Å². The number of carbonyl (C=O) groups is 1. The summed E-state index contributed by atoms with van der Waals surface area (Å²) in [6, 6.07) is 5.69. The second kappa shape index (κ2) is 4.40. The van der Waals surface area contributed by atoms with Crippen LogP contribution in [0.2, 0.25) is 0 Å². The fraction of sp³-hybridized carbons (Fsp3) is 0.550. The first-order valence-corrected chi connectivity index (χ1v) is 8.81. The normalized spacial score (nSPS) is 43.3. The summed E-state index contributed by atoms with van der Waals surface area (Å²) in [7, 11) is 0. The predicted octanol–water partition coefficient (Wildman–Crippen LogP) is 3.57. The molecular weight excluding hydrogens is 288 g/mol. The monoisotopic (exact) mass is 310 g/mol. The molecule has 1 N–H and O–H groups in total. The van der Waals surface area contributed by atoms with Gasteiger partial charge in [-0.25, -0.2) is 0 Å². The Morgan fingerprint density at radius 1 is 1.30 bits per heavy atom. The highest BCUT2D eigenvalue weighted by molar-refractivity contribution is 5.78. The largest absolute Gasteiger partial charge is 0.508 e. The lowest BCUT2D eigenvalue weighted by Crippen LogP contribution is -2.48. The van der Waals surface area contributed by atoms with E-state index >= 15 is 0 Å². The minimum absolute atomic E-state index is 0.0209. The third kappa shape index (κ3) is 1.58. The number of aromatic hydroxyl groups is 1. The van der Waals surface area contributed by atoms with Crippen LogP contribution in [-0.2, 0) is 16.0 Å². The predicted molar refractivity (Wildman–Crippen MR) is 86.0 cm³/mol. The van der Waals surface area contributed by atoms with Crippen LogP contribution < -0.4 is 0 Å². The average Bonchev–Trinajstić information content (AvgIpc) is 3.05. The van der Waals surface area contributed by atoms with Crippen molar-refractivity contribution in [3.05, 3.63) is 42.0 Å². The maximum atomic E-state index is 12.7. The van der Waals surface area contributed by atoms with E-state index in [2.05, 4.69) is 6.58 Å². The zero-order chi connectivity index (χ0) is 15.8. The van der Waals surface area contributed by atoms with E-state index < -0.39 is 0 Å². The number of aryl methyl sites for hydroxylation is 1. The summed E-state index contributed by atoms with van der Waals surface area (Å²) in [4.78, 5) is 12.7. The van der Waals surface area contributed by atoms with Crippen molar-refractivity contribution in [2.75, 3.05) is 0 Å². The SMILES string of the molecule is C=C[C@H]1CC[C@@H]2[C@H]3CCc4ccc(O)cc4[C@@H]3[C@@H]3C[C@@]21OC3=O. The molecule has 120 valence electrons. The highest BCUT2D eigenvalue weighted by Crippen LogP contribution is 2.65. The maximum absolute atomic E-state index is 12.7. The quantitative estimate of drug-likeness (QED) is 0.637. The van der Waals surface area contributed by atoms with Gasteiger partial charge in [0.05, 0.1) is 5.92 Å². The highest BCUT2D eigenvalue weighted by Gasteiger charge is 2.67. The van der Waals surface area contributed by atoms with E-state index in [4.69, 9.17) is 4.74 Å². The standard InChI is InChI=1S/C20H22O3/c1-2-12-5-8-17-14-7-4-11-3-6-13(21)9-15(11)18(14)16-10-20(12,17)23-19(16)22/h2-3,6,9,12,14,16-18,21H,1,4-5,7-8,10H2/t12-,14+,16-,17+,18+,20-/m0/s1. The molecule has 1 heterocycles. The van der Waals surface area contributed by atoms with E-state index in [9.17, 15) is 9.90 Å². The number of rotatable bonds is 1. The Morgan fingerprint density at radius 3 is 3.00 bits per heavy atom. The van der Waals surface area contributed by atoms with Gasteiger partial charge >= 0.3 is 5.97 Å². The minimum atomic E-state index is -0.279. The van der Waals surface area contributed by atoms with Crippen molar-refractivity contribution in [3.63, 3.8) is 0 Å². The van der Waals surface area contributed by atoms with Crippen LogP contribution in [0.5, 0.6) is 5.75 Å². The number of carbonyl (C=O) groups excluding carboxylic acids is 1. The van der Waals surface area contributed by atoms with Crippen molar-refractivity contribution in [2.24, 2.45) is 23.7 Å². The summed E-state index contributed by atoms with van der Waals surface area (Å²) >= 11 is 0. The van der Waals surface area contributed by atoms with Gasteiger partial charge in [0.1, 0.15) is 11.4 Å². The van der Waals surface area contributed by atoms with E-state index in [-0.39, 0.29) is 23.4 Å². The first-order chi connectivity index (χ1) is 11.1. The summed E-state index contributed by atoms with van der Waals surface area (Å²) in [5, 5.41) is 9.95. The van der Waals surface area contributed by atoms with Crippen molar-refractivity contribution in [2.45, 2.75) is 43.6 Å². The van der Waals surface area contributed by atoms with E-state index in [1.807, 2.05) is 18.2 Å². The molecule has 6 atom stereocenters. The fourth-order valence-corrected chi connectivity index (χ4v) is 6.30. The molecule has 3 nitrogen and oxygen atoms in total. The Bertz CT molecular complexity index is 709. The molecule has 0 radical (unpaired) electrons. The third-order valence-corrected chi connectivity index (χ3v) is 7.11. The van der Waals surface area contributed by atoms with Crippen molar-refractivity contribution in [3.8, 4) is 5.75 Å². The van der Waals surface area contributed by atoms with Gasteiger partial charge < -0.3 is 9.84 Å². The number of esters is 1. The lowest BCUT2D eigenvalue weighted by Gasteiger charge is -2.47. The molecule has 2 saturated carbocycles. The van der Waals surface area contributed by atoms with Gasteiger partial charge in [0.15, 0.2) is 0 Å². The Kier molecular flexibility index (Phi) is 2.61. The molecule has 3 heteroatoms. The average molecular weight is 310 g/mol. The summed E-state index contributed by atoms with van der Waals surface area (Å²) < 4.78 is 6.06. The highest BCUT2D eigenvalue weighted by atomic mass is 16.6. The van der Waals surface area contributed by atoms with E-state index in [1.54, 1.807) is 6.07 Å². The first-order valence-electron chi connectivity index (χ1n) is 8.81. The van der Waals surface area contributed by atoms with Crippen molar-refractivity contribution in [1.82, 2.24) is 0 Å². The van der Waals surface area contributed by atoms with Gasteiger partial charge in [-0.2, -0.15) is 0 Å². The number of hydrogen-bond donors (Lipinski definition) is 1. The van der Waals surface area contributed by atoms with Gasteiger partial charge in [0.25, 0.3) is 0 Å². The minimum Gasteiger partial charge on any atom is -0.508 e. The van der Waals surface area contributed by atoms with Gasteiger partial charge in [-0.05, 0) is 54.9 Å². The Balaban J connectivity index is 1.66. The molecule has 1 aromatic carbocycles. The van der Waals surface area contributed by atoms with Crippen molar-refractivity contribution in [1.29, 1.82) is 0 Å². The van der Waals surface area contributed by atoms with Crippen LogP contribution in [0.15, 0.2) is 30.9 Å². The van der Waals surface area contributed by atoms with Crippen LogP contribution in [0, 0.1) is 23.7 Å². The molecule has 4 aliphatic rings. The smallest absolute Gasteiger partial charge is 0.310 e. The number of fused-ring (bicyclic) bond motifs is 6. The van der Waals surface area contributed by atoms with Crippen LogP contribution in [0.4, 0.5) is 0 Å². The molecule has 23 heavy (non-hydrogen) atoms. The van der Waals surface area contributed by atoms with E-state index in [1.165, 1.54) is 11.1 Å². The number of hydrogen-bond acceptors (Lipinski definition) is 3. The van der Waals surface area contributed by atoms with Gasteiger partial charge in [0, 0.05) is 24.2 Å². The lowest BCUT2D eigenvalue weighted by atomic mass is 9.56. The number of ether oxygens (including phenoxy) is 1. The Morgan fingerprint density at radius 2 is 2.17 bits per heavy atom. The van der Waals surface area contributed by atoms with Crippen molar-refractivity contribution >= 4 is 5.97 Å². The van der Waals surface area contributed by atoms with Crippen LogP contribution in [-0.4, -0.2) is 16.7 Å².